The summed E-state index contributed by atoms with van der Waals surface area (Å²) in [6.45, 7) is 7.89. The van der Waals surface area contributed by atoms with Gasteiger partial charge in [-0.3, -0.25) is 0 Å². The van der Waals surface area contributed by atoms with Gasteiger partial charge in [0.2, 0.25) is 5.95 Å². The summed E-state index contributed by atoms with van der Waals surface area (Å²) >= 11 is 0. The van der Waals surface area contributed by atoms with Crippen LogP contribution in [-0.2, 0) is 0 Å². The highest BCUT2D eigenvalue weighted by Crippen LogP contribution is 2.01. The lowest BCUT2D eigenvalue weighted by Crippen LogP contribution is -2.52. The van der Waals surface area contributed by atoms with Crippen molar-refractivity contribution in [3.05, 3.63) is 18.5 Å². The van der Waals surface area contributed by atoms with Crippen LogP contribution >= 0.6 is 0 Å². The van der Waals surface area contributed by atoms with Crippen molar-refractivity contribution < 1.29 is 4.79 Å². The van der Waals surface area contributed by atoms with Gasteiger partial charge >= 0.3 is 6.03 Å². The maximum atomic E-state index is 11.9. The monoisotopic (exact) mass is 278 g/mol. The summed E-state index contributed by atoms with van der Waals surface area (Å²) in [5.74, 6) is 0.582. The summed E-state index contributed by atoms with van der Waals surface area (Å²) in [6, 6.07) is 1.78. The number of anilines is 1. The third-order valence-corrected chi connectivity index (χ3v) is 3.36. The molecule has 0 aliphatic carbocycles. The highest BCUT2D eigenvalue weighted by Gasteiger charge is 2.19. The van der Waals surface area contributed by atoms with E-state index in [2.05, 4.69) is 32.4 Å². The molecule has 2 heterocycles. The Hall–Kier alpha value is -1.89. The van der Waals surface area contributed by atoms with E-state index in [1.807, 2.05) is 4.90 Å². The van der Waals surface area contributed by atoms with Crippen LogP contribution in [0.1, 0.15) is 6.92 Å². The Bertz CT molecular complexity index is 405. The summed E-state index contributed by atoms with van der Waals surface area (Å²) in [6.07, 6.45) is 3.36. The maximum absolute atomic E-state index is 11.9. The Morgan fingerprint density at radius 1 is 1.20 bits per heavy atom. The first kappa shape index (κ1) is 14.5. The molecule has 2 amide bonds. The molecule has 2 rings (SSSR count). The van der Waals surface area contributed by atoms with Crippen molar-refractivity contribution in [2.24, 2.45) is 0 Å². The fraction of sp³-hybridized carbons (Fsp3) is 0.615. The van der Waals surface area contributed by atoms with E-state index in [1.165, 1.54) is 0 Å². The zero-order chi connectivity index (χ0) is 14.2. The smallest absolute Gasteiger partial charge is 0.317 e. The van der Waals surface area contributed by atoms with Gasteiger partial charge in [0.1, 0.15) is 0 Å². The van der Waals surface area contributed by atoms with E-state index in [0.717, 1.165) is 32.7 Å². The molecule has 0 atom stereocenters. The number of aromatic nitrogens is 2. The van der Waals surface area contributed by atoms with Gasteiger partial charge in [-0.2, -0.15) is 0 Å². The van der Waals surface area contributed by atoms with Crippen LogP contribution in [-0.4, -0.2) is 71.6 Å². The third kappa shape index (κ3) is 4.34. The van der Waals surface area contributed by atoms with Crippen LogP contribution in [0.5, 0.6) is 0 Å². The summed E-state index contributed by atoms with van der Waals surface area (Å²) in [7, 11) is 0. The standard InChI is InChI=1S/C13H22N6O/c1-2-18-8-10-19(11-9-18)13(20)17-7-6-16-12-14-4-3-5-15-12/h3-5H,2,6-11H2,1H3,(H,17,20)(H,14,15,16). The van der Waals surface area contributed by atoms with Crippen molar-refractivity contribution in [2.45, 2.75) is 6.92 Å². The Balaban J connectivity index is 1.61. The zero-order valence-corrected chi connectivity index (χ0v) is 11.9. The number of amides is 2. The van der Waals surface area contributed by atoms with Gasteiger partial charge in [-0.15, -0.1) is 0 Å². The van der Waals surface area contributed by atoms with Gasteiger partial charge in [0.05, 0.1) is 0 Å². The number of rotatable bonds is 5. The number of carbonyl (C=O) groups excluding carboxylic acids is 1. The second-order valence-corrected chi connectivity index (χ2v) is 4.65. The van der Waals surface area contributed by atoms with Crippen LogP contribution in [0, 0.1) is 0 Å². The summed E-state index contributed by atoms with van der Waals surface area (Å²) in [4.78, 5) is 24.3. The van der Waals surface area contributed by atoms with Crippen LogP contribution in [0.2, 0.25) is 0 Å². The van der Waals surface area contributed by atoms with Gasteiger partial charge in [0, 0.05) is 51.7 Å². The zero-order valence-electron chi connectivity index (χ0n) is 11.9. The molecule has 1 saturated heterocycles. The van der Waals surface area contributed by atoms with Crippen molar-refractivity contribution in [3.63, 3.8) is 0 Å². The van der Waals surface area contributed by atoms with Crippen LogP contribution in [0.3, 0.4) is 0 Å². The van der Waals surface area contributed by atoms with Crippen LogP contribution in [0.25, 0.3) is 0 Å². The number of likely N-dealkylation sites (N-methyl/N-ethyl adjacent to an activating group) is 1. The van der Waals surface area contributed by atoms with E-state index in [0.29, 0.717) is 19.0 Å². The maximum Gasteiger partial charge on any atom is 0.317 e. The summed E-state index contributed by atoms with van der Waals surface area (Å²) in [5.41, 5.74) is 0. The van der Waals surface area contributed by atoms with Gasteiger partial charge in [0.15, 0.2) is 0 Å². The molecular weight excluding hydrogens is 256 g/mol. The fourth-order valence-electron chi connectivity index (χ4n) is 2.11. The van der Waals surface area contributed by atoms with Gasteiger partial charge in [-0.25, -0.2) is 14.8 Å². The van der Waals surface area contributed by atoms with Crippen LogP contribution in [0.4, 0.5) is 10.7 Å². The van der Waals surface area contributed by atoms with Crippen LogP contribution in [0.15, 0.2) is 18.5 Å². The SMILES string of the molecule is CCN1CCN(C(=O)NCCNc2ncccn2)CC1. The average molecular weight is 278 g/mol. The highest BCUT2D eigenvalue weighted by molar-refractivity contribution is 5.74. The van der Waals surface area contributed by atoms with Crippen molar-refractivity contribution in [3.8, 4) is 0 Å². The molecule has 1 aliphatic heterocycles. The number of nitrogens with one attached hydrogen (secondary N) is 2. The van der Waals surface area contributed by atoms with E-state index in [-0.39, 0.29) is 6.03 Å². The first-order chi connectivity index (χ1) is 9.79. The van der Waals surface area contributed by atoms with Gasteiger partial charge in [0.25, 0.3) is 0 Å². The number of urea groups is 1. The first-order valence-electron chi connectivity index (χ1n) is 7.05. The Labute approximate surface area is 119 Å². The lowest BCUT2D eigenvalue weighted by molar-refractivity contribution is 0.143. The normalized spacial score (nSPS) is 15.9. The molecule has 7 nitrogen and oxygen atoms in total. The molecule has 0 bridgehead atoms. The minimum atomic E-state index is 0.0107. The number of hydrogen-bond acceptors (Lipinski definition) is 5. The Morgan fingerprint density at radius 3 is 2.55 bits per heavy atom. The van der Waals surface area contributed by atoms with Crippen molar-refractivity contribution in [2.75, 3.05) is 51.1 Å². The lowest BCUT2D eigenvalue weighted by Gasteiger charge is -2.34. The number of nitrogens with zero attached hydrogens (tertiary/aromatic N) is 4. The first-order valence-corrected chi connectivity index (χ1v) is 7.05. The molecular formula is C13H22N6O. The molecule has 110 valence electrons. The molecule has 20 heavy (non-hydrogen) atoms. The van der Waals surface area contributed by atoms with E-state index in [1.54, 1.807) is 18.5 Å². The molecule has 2 N–H and O–H groups in total. The van der Waals surface area contributed by atoms with E-state index in [4.69, 9.17) is 0 Å². The van der Waals surface area contributed by atoms with Crippen molar-refractivity contribution in [1.82, 2.24) is 25.1 Å². The molecule has 0 spiro atoms. The van der Waals surface area contributed by atoms with Gasteiger partial charge < -0.3 is 20.4 Å². The number of hydrogen-bond donors (Lipinski definition) is 2. The van der Waals surface area contributed by atoms with E-state index in [9.17, 15) is 4.79 Å². The van der Waals surface area contributed by atoms with Gasteiger partial charge in [-0.1, -0.05) is 6.92 Å². The second kappa shape index (κ2) is 7.64. The quantitative estimate of drug-likeness (QED) is 0.755. The highest BCUT2D eigenvalue weighted by atomic mass is 16.2. The molecule has 0 unspecified atom stereocenters. The third-order valence-electron chi connectivity index (χ3n) is 3.36. The second-order valence-electron chi connectivity index (χ2n) is 4.65. The number of piperazine rings is 1. The predicted octanol–water partition coefficient (Wildman–Crippen LogP) is 0.236. The Morgan fingerprint density at radius 2 is 1.90 bits per heavy atom. The fourth-order valence-corrected chi connectivity index (χ4v) is 2.11. The molecule has 0 aromatic carbocycles. The lowest BCUT2D eigenvalue weighted by atomic mass is 10.3. The minimum absolute atomic E-state index is 0.0107. The molecule has 1 aromatic rings. The predicted molar refractivity (Wildman–Crippen MR) is 77.6 cm³/mol. The summed E-state index contributed by atoms with van der Waals surface area (Å²) in [5, 5.41) is 5.96. The largest absolute Gasteiger partial charge is 0.352 e. The molecule has 1 fully saturated rings. The average Bonchev–Trinajstić information content (AvgIpc) is 2.52. The van der Waals surface area contributed by atoms with Crippen molar-refractivity contribution in [1.29, 1.82) is 0 Å². The Kier molecular flexibility index (Phi) is 5.55. The van der Waals surface area contributed by atoms with E-state index < -0.39 is 0 Å². The number of carbonyl (C=O) groups is 1. The molecule has 0 radical (unpaired) electrons. The topological polar surface area (TPSA) is 73.4 Å². The minimum Gasteiger partial charge on any atom is -0.352 e. The molecule has 0 saturated carbocycles. The van der Waals surface area contributed by atoms with Crippen LogP contribution < -0.4 is 10.6 Å². The molecule has 1 aromatic heterocycles. The summed E-state index contributed by atoms with van der Waals surface area (Å²) < 4.78 is 0. The van der Waals surface area contributed by atoms with E-state index >= 15 is 0 Å². The van der Waals surface area contributed by atoms with Gasteiger partial charge in [-0.05, 0) is 12.6 Å². The van der Waals surface area contributed by atoms with Crippen molar-refractivity contribution >= 4 is 12.0 Å². The molecule has 7 heteroatoms. The molecule has 1 aliphatic rings.